The molecule has 0 saturated carbocycles. The molecule has 100 valence electrons. The third kappa shape index (κ3) is 2.53. The number of aromatic nitrogens is 1. The fourth-order valence-corrected chi connectivity index (χ4v) is 2.95. The molecule has 1 unspecified atom stereocenters. The predicted molar refractivity (Wildman–Crippen MR) is 74.8 cm³/mol. The number of hydrogen-bond donors (Lipinski definition) is 1. The van der Waals surface area contributed by atoms with Crippen molar-refractivity contribution in [3.63, 3.8) is 0 Å². The lowest BCUT2D eigenvalue weighted by molar-refractivity contribution is 0.573. The maximum atomic E-state index is 13.0. The molecule has 0 spiro atoms. The number of aryl methyl sites for hydroxylation is 1. The van der Waals surface area contributed by atoms with Crippen molar-refractivity contribution < 1.29 is 4.39 Å². The van der Waals surface area contributed by atoms with Crippen LogP contribution < -0.4 is 5.73 Å². The van der Waals surface area contributed by atoms with Crippen LogP contribution in [-0.4, -0.2) is 4.57 Å². The average Bonchev–Trinajstić information content (AvgIpc) is 2.77. The summed E-state index contributed by atoms with van der Waals surface area (Å²) < 4.78 is 15.1. The van der Waals surface area contributed by atoms with Gasteiger partial charge in [-0.1, -0.05) is 17.7 Å². The molecular formula is C15H16ClFN2. The highest BCUT2D eigenvalue weighted by Gasteiger charge is 2.18. The van der Waals surface area contributed by atoms with E-state index in [4.69, 9.17) is 17.3 Å². The number of hydrogen-bond acceptors (Lipinski definition) is 1. The highest BCUT2D eigenvalue weighted by molar-refractivity contribution is 6.31. The molecule has 0 amide bonds. The minimum atomic E-state index is -0.303. The van der Waals surface area contributed by atoms with Gasteiger partial charge in [0, 0.05) is 30.0 Å². The SMILES string of the molecule is NC1CCCc2cn(Cc3ccc(F)cc3Cl)cc21. The largest absolute Gasteiger partial charge is 0.349 e. The second-order valence-electron chi connectivity index (χ2n) is 5.15. The van der Waals surface area contributed by atoms with E-state index in [1.807, 2.05) is 0 Å². The normalized spacial score (nSPS) is 18.4. The molecule has 1 atom stereocenters. The fraction of sp³-hybridized carbons (Fsp3) is 0.333. The Hall–Kier alpha value is -1.32. The van der Waals surface area contributed by atoms with Crippen molar-refractivity contribution in [3.05, 3.63) is 58.1 Å². The number of fused-ring (bicyclic) bond motifs is 1. The Labute approximate surface area is 117 Å². The van der Waals surface area contributed by atoms with Crippen molar-refractivity contribution >= 4 is 11.6 Å². The number of nitrogens with zero attached hydrogens (tertiary/aromatic N) is 1. The number of halogens is 2. The van der Waals surface area contributed by atoms with Crippen molar-refractivity contribution in [2.24, 2.45) is 5.73 Å². The maximum absolute atomic E-state index is 13.0. The van der Waals surface area contributed by atoms with Gasteiger partial charge in [-0.2, -0.15) is 0 Å². The first-order valence-corrected chi connectivity index (χ1v) is 6.89. The minimum absolute atomic E-state index is 0.147. The molecule has 0 fully saturated rings. The molecular weight excluding hydrogens is 263 g/mol. The molecule has 1 aliphatic carbocycles. The van der Waals surface area contributed by atoms with Crippen molar-refractivity contribution in [2.75, 3.05) is 0 Å². The lowest BCUT2D eigenvalue weighted by atomic mass is 9.92. The van der Waals surface area contributed by atoms with E-state index in [1.165, 1.54) is 23.3 Å². The van der Waals surface area contributed by atoms with Crippen LogP contribution in [0.4, 0.5) is 4.39 Å². The predicted octanol–water partition coefficient (Wildman–Crippen LogP) is 3.67. The Morgan fingerprint density at radius 1 is 1.37 bits per heavy atom. The second-order valence-corrected chi connectivity index (χ2v) is 5.55. The molecule has 1 aromatic heterocycles. The van der Waals surface area contributed by atoms with E-state index < -0.39 is 0 Å². The molecule has 3 rings (SSSR count). The van der Waals surface area contributed by atoms with Crippen LogP contribution in [0.1, 0.15) is 35.6 Å². The van der Waals surface area contributed by atoms with E-state index in [1.54, 1.807) is 6.07 Å². The topological polar surface area (TPSA) is 30.9 Å². The molecule has 0 saturated heterocycles. The van der Waals surface area contributed by atoms with Crippen LogP contribution in [0.15, 0.2) is 30.6 Å². The Morgan fingerprint density at radius 3 is 2.95 bits per heavy atom. The van der Waals surface area contributed by atoms with Gasteiger partial charge in [-0.3, -0.25) is 0 Å². The monoisotopic (exact) mass is 278 g/mol. The Balaban J connectivity index is 1.87. The highest BCUT2D eigenvalue weighted by atomic mass is 35.5. The van der Waals surface area contributed by atoms with E-state index in [-0.39, 0.29) is 11.9 Å². The van der Waals surface area contributed by atoms with Crippen molar-refractivity contribution in [1.82, 2.24) is 4.57 Å². The molecule has 2 nitrogen and oxygen atoms in total. The summed E-state index contributed by atoms with van der Waals surface area (Å²) in [5.41, 5.74) is 9.61. The first kappa shape index (κ1) is 12.7. The third-order valence-corrected chi connectivity index (χ3v) is 4.08. The van der Waals surface area contributed by atoms with Crippen LogP contribution in [-0.2, 0) is 13.0 Å². The quantitative estimate of drug-likeness (QED) is 0.893. The lowest BCUT2D eigenvalue weighted by Gasteiger charge is -2.17. The number of nitrogens with two attached hydrogens (primary N) is 1. The van der Waals surface area contributed by atoms with Crippen LogP contribution >= 0.6 is 11.6 Å². The third-order valence-electron chi connectivity index (χ3n) is 3.73. The Bertz CT molecular complexity index is 606. The van der Waals surface area contributed by atoms with Gasteiger partial charge in [0.15, 0.2) is 0 Å². The second kappa shape index (κ2) is 4.99. The standard InChI is InChI=1S/C15H16ClFN2/c16-14-6-12(17)5-4-11(14)8-19-7-10-2-1-3-15(18)13(10)9-19/h4-7,9,15H,1-3,8,18H2. The van der Waals surface area contributed by atoms with Gasteiger partial charge >= 0.3 is 0 Å². The first-order valence-electron chi connectivity index (χ1n) is 6.51. The molecule has 0 aliphatic heterocycles. The first-order chi connectivity index (χ1) is 9.13. The molecule has 1 aliphatic rings. The summed E-state index contributed by atoms with van der Waals surface area (Å²) in [5, 5.41) is 0.468. The van der Waals surface area contributed by atoms with Gasteiger partial charge in [0.2, 0.25) is 0 Å². The molecule has 1 aromatic carbocycles. The molecule has 0 bridgehead atoms. The van der Waals surface area contributed by atoms with Crippen LogP contribution in [0.5, 0.6) is 0 Å². The molecule has 19 heavy (non-hydrogen) atoms. The van der Waals surface area contributed by atoms with Crippen LogP contribution in [0.3, 0.4) is 0 Å². The Morgan fingerprint density at radius 2 is 2.21 bits per heavy atom. The zero-order chi connectivity index (χ0) is 13.4. The maximum Gasteiger partial charge on any atom is 0.124 e. The van der Waals surface area contributed by atoms with Crippen LogP contribution in [0, 0.1) is 5.82 Å². The lowest BCUT2D eigenvalue weighted by Crippen LogP contribution is -2.15. The zero-order valence-corrected chi connectivity index (χ0v) is 11.3. The molecule has 4 heteroatoms. The minimum Gasteiger partial charge on any atom is -0.349 e. The van der Waals surface area contributed by atoms with Crippen molar-refractivity contribution in [1.29, 1.82) is 0 Å². The summed E-state index contributed by atoms with van der Waals surface area (Å²) >= 11 is 6.06. The van der Waals surface area contributed by atoms with Crippen molar-refractivity contribution in [2.45, 2.75) is 31.8 Å². The van der Waals surface area contributed by atoms with Gasteiger partial charge in [-0.05, 0) is 48.1 Å². The summed E-state index contributed by atoms with van der Waals surface area (Å²) in [6, 6.07) is 4.67. The van der Waals surface area contributed by atoms with Crippen LogP contribution in [0.25, 0.3) is 0 Å². The molecule has 1 heterocycles. The van der Waals surface area contributed by atoms with E-state index in [9.17, 15) is 4.39 Å². The van der Waals surface area contributed by atoms with Gasteiger partial charge < -0.3 is 10.3 Å². The van der Waals surface area contributed by atoms with E-state index in [0.29, 0.717) is 11.6 Å². The average molecular weight is 279 g/mol. The molecule has 0 radical (unpaired) electrons. The van der Waals surface area contributed by atoms with Gasteiger partial charge in [0.1, 0.15) is 5.82 Å². The summed E-state index contributed by atoms with van der Waals surface area (Å²) in [4.78, 5) is 0. The van der Waals surface area contributed by atoms with E-state index in [2.05, 4.69) is 17.0 Å². The summed E-state index contributed by atoms with van der Waals surface area (Å²) in [7, 11) is 0. The fourth-order valence-electron chi connectivity index (χ4n) is 2.72. The van der Waals surface area contributed by atoms with E-state index >= 15 is 0 Å². The summed E-state index contributed by atoms with van der Waals surface area (Å²) in [5.74, 6) is -0.303. The summed E-state index contributed by atoms with van der Waals surface area (Å²) in [6.45, 7) is 0.652. The van der Waals surface area contributed by atoms with E-state index in [0.717, 1.165) is 24.8 Å². The summed E-state index contributed by atoms with van der Waals surface area (Å²) in [6.07, 6.45) is 7.52. The van der Waals surface area contributed by atoms with Gasteiger partial charge in [-0.15, -0.1) is 0 Å². The van der Waals surface area contributed by atoms with Crippen LogP contribution in [0.2, 0.25) is 5.02 Å². The Kier molecular flexibility index (Phi) is 3.33. The smallest absolute Gasteiger partial charge is 0.124 e. The zero-order valence-electron chi connectivity index (χ0n) is 10.6. The number of benzene rings is 1. The molecule has 2 aromatic rings. The number of rotatable bonds is 2. The van der Waals surface area contributed by atoms with Gasteiger partial charge in [0.05, 0.1) is 0 Å². The van der Waals surface area contributed by atoms with Crippen molar-refractivity contribution in [3.8, 4) is 0 Å². The molecule has 2 N–H and O–H groups in total. The van der Waals surface area contributed by atoms with Gasteiger partial charge in [-0.25, -0.2) is 4.39 Å². The highest BCUT2D eigenvalue weighted by Crippen LogP contribution is 2.29. The van der Waals surface area contributed by atoms with Gasteiger partial charge in [0.25, 0.3) is 0 Å².